The Hall–Kier alpha value is -4.93. The van der Waals surface area contributed by atoms with Crippen LogP contribution < -0.4 is 14.4 Å². The summed E-state index contributed by atoms with van der Waals surface area (Å²) in [7, 11) is 0. The monoisotopic (exact) mass is 647 g/mol. The third-order valence-electron chi connectivity index (χ3n) is 7.99. The van der Waals surface area contributed by atoms with Crippen molar-refractivity contribution in [3.8, 4) is 11.5 Å². The predicted octanol–water partition coefficient (Wildman–Crippen LogP) is 7.50. The quantitative estimate of drug-likeness (QED) is 0.0438. The predicted molar refractivity (Wildman–Crippen MR) is 181 cm³/mol. The molecule has 0 aliphatic carbocycles. The molecule has 1 aromatic heterocycles. The second-order valence-corrected chi connectivity index (χ2v) is 13.3. The van der Waals surface area contributed by atoms with Crippen molar-refractivity contribution in [1.82, 2.24) is 10.2 Å². The van der Waals surface area contributed by atoms with Crippen molar-refractivity contribution >= 4 is 56.5 Å². The summed E-state index contributed by atoms with van der Waals surface area (Å²) < 4.78 is 12.2. The fourth-order valence-corrected chi connectivity index (χ4v) is 7.79. The van der Waals surface area contributed by atoms with Gasteiger partial charge in [0.25, 0.3) is 5.78 Å². The third-order valence-corrected chi connectivity index (χ3v) is 10.1. The van der Waals surface area contributed by atoms with Crippen LogP contribution in [-0.4, -0.2) is 39.7 Å². The smallest absolute Gasteiger partial charge is 0.301 e. The Balaban J connectivity index is 1.26. The van der Waals surface area contributed by atoms with Gasteiger partial charge in [-0.15, -0.1) is 10.2 Å². The molecule has 0 spiro atoms. The number of hydrogen-bond acceptors (Lipinski definition) is 9. The number of benzene rings is 4. The highest BCUT2D eigenvalue weighted by Crippen LogP contribution is 2.45. The van der Waals surface area contributed by atoms with E-state index in [1.807, 2.05) is 31.2 Å². The Kier molecular flexibility index (Phi) is 8.06. The zero-order valence-electron chi connectivity index (χ0n) is 24.9. The summed E-state index contributed by atoms with van der Waals surface area (Å²) in [6.45, 7) is 5.97. The maximum atomic E-state index is 13.8. The number of ether oxygens (including phenoxy) is 2. The lowest BCUT2D eigenvalue weighted by Gasteiger charge is -2.23. The van der Waals surface area contributed by atoms with Gasteiger partial charge in [0.05, 0.1) is 11.6 Å². The lowest BCUT2D eigenvalue weighted by atomic mass is 9.94. The molecule has 7 rings (SSSR count). The number of aromatic nitrogens is 2. The lowest BCUT2D eigenvalue weighted by Crippen LogP contribution is -2.29. The van der Waals surface area contributed by atoms with Gasteiger partial charge in [0, 0.05) is 17.7 Å². The second kappa shape index (κ2) is 12.5. The van der Waals surface area contributed by atoms with Crippen LogP contribution in [0.15, 0.2) is 107 Å². The van der Waals surface area contributed by atoms with Crippen LogP contribution in [0.25, 0.3) is 16.5 Å². The van der Waals surface area contributed by atoms with Crippen molar-refractivity contribution in [2.24, 2.45) is 0 Å². The van der Waals surface area contributed by atoms with Crippen LogP contribution in [0.2, 0.25) is 0 Å². The van der Waals surface area contributed by atoms with E-state index in [4.69, 9.17) is 9.47 Å². The zero-order valence-corrected chi connectivity index (χ0v) is 26.5. The van der Waals surface area contributed by atoms with E-state index in [2.05, 4.69) is 41.0 Å². The van der Waals surface area contributed by atoms with E-state index in [1.54, 1.807) is 42.5 Å². The Morgan fingerprint density at radius 1 is 1.09 bits per heavy atom. The Morgan fingerprint density at radius 3 is 2.78 bits per heavy atom. The van der Waals surface area contributed by atoms with Crippen LogP contribution in [0.5, 0.6) is 11.5 Å². The summed E-state index contributed by atoms with van der Waals surface area (Å²) in [4.78, 5) is 28.8. The second-order valence-electron chi connectivity index (χ2n) is 11.1. The normalized spacial score (nSPS) is 18.5. The summed E-state index contributed by atoms with van der Waals surface area (Å²) in [5, 5.41) is 23.0. The molecule has 1 N–H and O–H groups in total. The minimum absolute atomic E-state index is 0.0152. The van der Waals surface area contributed by atoms with Crippen molar-refractivity contribution in [2.45, 2.75) is 35.6 Å². The first-order valence-corrected chi connectivity index (χ1v) is 16.6. The fourth-order valence-electron chi connectivity index (χ4n) is 5.92. The number of fused-ring (bicyclic) bond motifs is 2. The summed E-state index contributed by atoms with van der Waals surface area (Å²) in [6.07, 6.45) is 2.33. The van der Waals surface area contributed by atoms with Crippen LogP contribution in [0.3, 0.4) is 0 Å². The van der Waals surface area contributed by atoms with E-state index in [-0.39, 0.29) is 29.2 Å². The van der Waals surface area contributed by atoms with Crippen LogP contribution in [0.1, 0.15) is 35.2 Å². The van der Waals surface area contributed by atoms with Gasteiger partial charge in [-0.1, -0.05) is 90.4 Å². The number of aliphatic hydroxyl groups excluding tert-OH is 1. The van der Waals surface area contributed by atoms with E-state index < -0.39 is 17.7 Å². The number of anilines is 1. The summed E-state index contributed by atoms with van der Waals surface area (Å²) in [6, 6.07) is 25.9. The maximum absolute atomic E-state index is 13.8. The number of amides is 1. The SMILES string of the molecule is C=CCOc1cccc([C@@H]2C(=C(O)c3ccc4c(c3)C[C@H](C)O4)C(=O)C(=O)N2c2nnc(SCc3cccc4ccccc34)s2)c1. The van der Waals surface area contributed by atoms with Crippen LogP contribution in [-0.2, 0) is 21.8 Å². The number of carbonyl (C=O) groups is 2. The number of rotatable bonds is 9. The maximum Gasteiger partial charge on any atom is 0.301 e. The van der Waals surface area contributed by atoms with E-state index in [0.29, 0.717) is 33.4 Å². The number of hydrogen-bond donors (Lipinski definition) is 1. The number of carbonyl (C=O) groups excluding carboxylic acids is 2. The van der Waals surface area contributed by atoms with E-state index >= 15 is 0 Å². The van der Waals surface area contributed by atoms with Gasteiger partial charge in [-0.25, -0.2) is 0 Å². The molecule has 3 heterocycles. The van der Waals surface area contributed by atoms with Gasteiger partial charge in [0.2, 0.25) is 5.13 Å². The van der Waals surface area contributed by atoms with Crippen LogP contribution in [0, 0.1) is 0 Å². The molecule has 2 aliphatic heterocycles. The molecular weight excluding hydrogens is 619 g/mol. The van der Waals surface area contributed by atoms with Gasteiger partial charge < -0.3 is 14.6 Å². The molecule has 0 radical (unpaired) electrons. The molecule has 2 aliphatic rings. The molecule has 230 valence electrons. The molecule has 1 fully saturated rings. The Bertz CT molecular complexity index is 2030. The molecule has 0 saturated carbocycles. The molecule has 10 heteroatoms. The number of ketones is 1. The molecular formula is C36H29N3O5S2. The molecule has 46 heavy (non-hydrogen) atoms. The molecule has 8 nitrogen and oxygen atoms in total. The standard InChI is InChI=1S/C36H29N3O5S2/c1-3-16-43-27-12-7-10-23(19-27)31-30(32(40)24-14-15-29-26(18-24)17-21(2)44-29)33(41)34(42)39(31)35-37-38-36(46-35)45-20-25-11-6-9-22-8-4-5-13-28(22)25/h3-15,18-19,21,31,40H,1,16-17,20H2,2H3/t21-,31+/m0/s1. The van der Waals surface area contributed by atoms with Gasteiger partial charge >= 0.3 is 5.91 Å². The van der Waals surface area contributed by atoms with Gasteiger partial charge in [-0.3, -0.25) is 14.5 Å². The van der Waals surface area contributed by atoms with Gasteiger partial charge in [0.1, 0.15) is 30.0 Å². The van der Waals surface area contributed by atoms with Crippen molar-refractivity contribution in [2.75, 3.05) is 11.5 Å². The highest BCUT2D eigenvalue weighted by atomic mass is 32.2. The van der Waals surface area contributed by atoms with Crippen molar-refractivity contribution in [1.29, 1.82) is 0 Å². The highest BCUT2D eigenvalue weighted by molar-refractivity contribution is 8.00. The average Bonchev–Trinajstić information content (AvgIpc) is 3.77. The topological polar surface area (TPSA) is 102 Å². The Morgan fingerprint density at radius 2 is 1.91 bits per heavy atom. The van der Waals surface area contributed by atoms with Gasteiger partial charge in [-0.05, 0) is 64.7 Å². The largest absolute Gasteiger partial charge is 0.507 e. The van der Waals surface area contributed by atoms with E-state index in [9.17, 15) is 14.7 Å². The molecule has 5 aromatic rings. The summed E-state index contributed by atoms with van der Waals surface area (Å²) >= 11 is 2.74. The number of Topliss-reactive ketones (excluding diaryl/α,β-unsaturated/α-hetero) is 1. The first-order valence-electron chi connectivity index (χ1n) is 14.8. The summed E-state index contributed by atoms with van der Waals surface area (Å²) in [5.74, 6) is 0.0853. The molecule has 0 unspecified atom stereocenters. The number of nitrogens with zero attached hydrogens (tertiary/aromatic N) is 3. The number of thioether (sulfide) groups is 1. The summed E-state index contributed by atoms with van der Waals surface area (Å²) in [5.41, 5.74) is 3.07. The van der Waals surface area contributed by atoms with Crippen molar-refractivity contribution in [3.63, 3.8) is 0 Å². The first kappa shape index (κ1) is 29.8. The zero-order chi connectivity index (χ0) is 31.8. The van der Waals surface area contributed by atoms with Gasteiger partial charge in [0.15, 0.2) is 4.34 Å². The molecule has 4 aromatic carbocycles. The van der Waals surface area contributed by atoms with Crippen LogP contribution in [0.4, 0.5) is 5.13 Å². The average molecular weight is 648 g/mol. The number of aliphatic hydroxyl groups is 1. The first-order chi connectivity index (χ1) is 22.4. The van der Waals surface area contributed by atoms with Crippen molar-refractivity contribution < 1.29 is 24.2 Å². The van der Waals surface area contributed by atoms with E-state index in [1.165, 1.54) is 33.4 Å². The third kappa shape index (κ3) is 5.54. The van der Waals surface area contributed by atoms with Crippen LogP contribution >= 0.6 is 23.1 Å². The Labute approximate surface area is 274 Å². The fraction of sp³-hybridized carbons (Fsp3) is 0.167. The molecule has 0 bridgehead atoms. The molecule has 2 atom stereocenters. The highest BCUT2D eigenvalue weighted by Gasteiger charge is 2.48. The molecule has 1 saturated heterocycles. The van der Waals surface area contributed by atoms with E-state index in [0.717, 1.165) is 22.3 Å². The lowest BCUT2D eigenvalue weighted by molar-refractivity contribution is -0.132. The van der Waals surface area contributed by atoms with Crippen molar-refractivity contribution in [3.05, 3.63) is 125 Å². The molecule has 1 amide bonds. The minimum atomic E-state index is -0.959. The van der Waals surface area contributed by atoms with Gasteiger partial charge in [-0.2, -0.15) is 0 Å². The minimum Gasteiger partial charge on any atom is -0.507 e.